The molecule has 1 saturated heterocycles. The van der Waals surface area contributed by atoms with Crippen molar-refractivity contribution in [2.24, 2.45) is 0 Å². The summed E-state index contributed by atoms with van der Waals surface area (Å²) >= 11 is 0. The van der Waals surface area contributed by atoms with E-state index < -0.39 is 0 Å². The van der Waals surface area contributed by atoms with Crippen molar-refractivity contribution >= 4 is 11.8 Å². The zero-order valence-electron chi connectivity index (χ0n) is 11.6. The predicted octanol–water partition coefficient (Wildman–Crippen LogP) is 0.666. The van der Waals surface area contributed by atoms with Crippen LogP contribution in [-0.4, -0.2) is 50.1 Å². The summed E-state index contributed by atoms with van der Waals surface area (Å²) in [7, 11) is 1.53. The summed E-state index contributed by atoms with van der Waals surface area (Å²) < 4.78 is 10.6. The lowest BCUT2D eigenvalue weighted by atomic mass is 10.1. The molecule has 0 radical (unpaired) electrons. The van der Waals surface area contributed by atoms with Crippen molar-refractivity contribution in [1.82, 2.24) is 10.2 Å². The lowest BCUT2D eigenvalue weighted by Crippen LogP contribution is -2.49. The molecule has 1 fully saturated rings. The van der Waals surface area contributed by atoms with Gasteiger partial charge in [0, 0.05) is 18.7 Å². The molecule has 1 heterocycles. The number of methoxy groups -OCH3 is 1. The van der Waals surface area contributed by atoms with Crippen LogP contribution in [0.15, 0.2) is 18.2 Å². The van der Waals surface area contributed by atoms with Gasteiger partial charge in [-0.2, -0.15) is 0 Å². The van der Waals surface area contributed by atoms with Crippen LogP contribution in [0.4, 0.5) is 0 Å². The Labute approximate surface area is 117 Å². The molecule has 0 spiro atoms. The largest absolute Gasteiger partial charge is 0.493 e. The van der Waals surface area contributed by atoms with Crippen LogP contribution in [0.2, 0.25) is 0 Å². The Balaban J connectivity index is 2.19. The molecule has 0 bridgehead atoms. The molecule has 6 nitrogen and oxygen atoms in total. The number of hydrogen-bond donors (Lipinski definition) is 1. The third-order valence-corrected chi connectivity index (χ3v) is 3.04. The van der Waals surface area contributed by atoms with Gasteiger partial charge in [0.05, 0.1) is 20.3 Å². The molecular formula is C14H18N2O4. The van der Waals surface area contributed by atoms with Gasteiger partial charge >= 0.3 is 0 Å². The van der Waals surface area contributed by atoms with E-state index >= 15 is 0 Å². The van der Waals surface area contributed by atoms with E-state index in [9.17, 15) is 9.59 Å². The van der Waals surface area contributed by atoms with E-state index in [1.165, 1.54) is 12.0 Å². The number of carbonyl (C=O) groups excluding carboxylic acids is 2. The molecular weight excluding hydrogens is 260 g/mol. The van der Waals surface area contributed by atoms with E-state index in [1.54, 1.807) is 18.2 Å². The van der Waals surface area contributed by atoms with Gasteiger partial charge in [-0.05, 0) is 25.1 Å². The van der Waals surface area contributed by atoms with Crippen molar-refractivity contribution in [2.75, 3.05) is 33.4 Å². The Bertz CT molecular complexity index is 516. The average Bonchev–Trinajstić information content (AvgIpc) is 2.47. The van der Waals surface area contributed by atoms with Crippen LogP contribution in [0.5, 0.6) is 11.5 Å². The monoisotopic (exact) mass is 278 g/mol. The highest BCUT2D eigenvalue weighted by molar-refractivity contribution is 5.97. The predicted molar refractivity (Wildman–Crippen MR) is 73.1 cm³/mol. The van der Waals surface area contributed by atoms with Gasteiger partial charge in [-0.15, -0.1) is 0 Å². The summed E-state index contributed by atoms with van der Waals surface area (Å²) in [6.45, 7) is 3.49. The van der Waals surface area contributed by atoms with Crippen molar-refractivity contribution in [3.63, 3.8) is 0 Å². The first-order valence-corrected chi connectivity index (χ1v) is 6.52. The number of ether oxygens (including phenoxy) is 2. The van der Waals surface area contributed by atoms with Crippen molar-refractivity contribution in [1.29, 1.82) is 0 Å². The molecule has 2 rings (SSSR count). The highest BCUT2D eigenvalue weighted by Crippen LogP contribution is 2.28. The van der Waals surface area contributed by atoms with E-state index in [4.69, 9.17) is 9.47 Å². The van der Waals surface area contributed by atoms with E-state index in [0.717, 1.165) is 0 Å². The minimum absolute atomic E-state index is 0.0916. The number of benzene rings is 1. The Hall–Kier alpha value is -2.24. The second kappa shape index (κ2) is 6.27. The second-order valence-corrected chi connectivity index (χ2v) is 4.38. The van der Waals surface area contributed by atoms with Crippen molar-refractivity contribution in [3.05, 3.63) is 23.8 Å². The van der Waals surface area contributed by atoms with Gasteiger partial charge in [0.2, 0.25) is 5.91 Å². The maximum absolute atomic E-state index is 12.3. The van der Waals surface area contributed by atoms with Crippen LogP contribution >= 0.6 is 0 Å². The fraction of sp³-hybridized carbons (Fsp3) is 0.429. The fourth-order valence-corrected chi connectivity index (χ4v) is 2.07. The highest BCUT2D eigenvalue weighted by atomic mass is 16.5. The molecule has 2 amide bonds. The molecule has 20 heavy (non-hydrogen) atoms. The summed E-state index contributed by atoms with van der Waals surface area (Å²) in [5, 5.41) is 2.69. The maximum Gasteiger partial charge on any atom is 0.254 e. The topological polar surface area (TPSA) is 67.9 Å². The third kappa shape index (κ3) is 3.01. The van der Waals surface area contributed by atoms with Crippen molar-refractivity contribution < 1.29 is 19.1 Å². The van der Waals surface area contributed by atoms with Crippen LogP contribution in [-0.2, 0) is 4.79 Å². The average molecular weight is 278 g/mol. The third-order valence-electron chi connectivity index (χ3n) is 3.04. The molecule has 1 aromatic rings. The van der Waals surface area contributed by atoms with Gasteiger partial charge in [-0.3, -0.25) is 9.59 Å². The van der Waals surface area contributed by atoms with Gasteiger partial charge in [0.15, 0.2) is 11.5 Å². The Morgan fingerprint density at radius 3 is 2.85 bits per heavy atom. The normalized spacial score (nSPS) is 14.7. The molecule has 1 aliphatic rings. The van der Waals surface area contributed by atoms with E-state index in [0.29, 0.717) is 36.8 Å². The standard InChI is InChI=1S/C14H18N2O4/c1-3-20-11-5-4-10(8-12(11)19-2)14(18)16-7-6-15-13(17)9-16/h4-5,8H,3,6-7,9H2,1-2H3,(H,15,17). The number of nitrogens with one attached hydrogen (secondary N) is 1. The number of piperazine rings is 1. The summed E-state index contributed by atoms with van der Waals surface area (Å²) in [5.74, 6) is 0.797. The van der Waals surface area contributed by atoms with Crippen LogP contribution in [0.25, 0.3) is 0 Å². The van der Waals surface area contributed by atoms with E-state index in [-0.39, 0.29) is 18.4 Å². The molecule has 0 saturated carbocycles. The smallest absolute Gasteiger partial charge is 0.254 e. The molecule has 0 aliphatic carbocycles. The zero-order valence-corrected chi connectivity index (χ0v) is 11.6. The lowest BCUT2D eigenvalue weighted by Gasteiger charge is -2.26. The molecule has 1 aliphatic heterocycles. The van der Waals surface area contributed by atoms with Crippen LogP contribution in [0.3, 0.4) is 0 Å². The van der Waals surface area contributed by atoms with E-state index in [2.05, 4.69) is 5.32 Å². The maximum atomic E-state index is 12.3. The first-order chi connectivity index (χ1) is 9.65. The lowest BCUT2D eigenvalue weighted by molar-refractivity contribution is -0.123. The number of rotatable bonds is 4. The van der Waals surface area contributed by atoms with Gasteiger partial charge in [0.25, 0.3) is 5.91 Å². The molecule has 0 atom stereocenters. The zero-order chi connectivity index (χ0) is 14.5. The minimum Gasteiger partial charge on any atom is -0.493 e. The number of hydrogen-bond acceptors (Lipinski definition) is 4. The van der Waals surface area contributed by atoms with Crippen LogP contribution in [0, 0.1) is 0 Å². The van der Waals surface area contributed by atoms with E-state index in [1.807, 2.05) is 6.92 Å². The molecule has 0 unspecified atom stereocenters. The Kier molecular flexibility index (Phi) is 4.45. The molecule has 0 aromatic heterocycles. The van der Waals surface area contributed by atoms with Crippen LogP contribution < -0.4 is 14.8 Å². The summed E-state index contributed by atoms with van der Waals surface area (Å²) in [6, 6.07) is 5.03. The summed E-state index contributed by atoms with van der Waals surface area (Å²) in [5.41, 5.74) is 0.486. The highest BCUT2D eigenvalue weighted by Gasteiger charge is 2.23. The molecule has 108 valence electrons. The quantitative estimate of drug-likeness (QED) is 0.879. The van der Waals surface area contributed by atoms with Gasteiger partial charge in [-0.1, -0.05) is 0 Å². The first kappa shape index (κ1) is 14.2. The summed E-state index contributed by atoms with van der Waals surface area (Å²) in [6.07, 6.45) is 0. The molecule has 1 aromatic carbocycles. The number of nitrogens with zero attached hydrogens (tertiary/aromatic N) is 1. The fourth-order valence-electron chi connectivity index (χ4n) is 2.07. The van der Waals surface area contributed by atoms with Crippen molar-refractivity contribution in [3.8, 4) is 11.5 Å². The molecule has 6 heteroatoms. The SMILES string of the molecule is CCOc1ccc(C(=O)N2CCNC(=O)C2)cc1OC. The first-order valence-electron chi connectivity index (χ1n) is 6.52. The second-order valence-electron chi connectivity index (χ2n) is 4.38. The Morgan fingerprint density at radius 2 is 2.20 bits per heavy atom. The number of amides is 2. The van der Waals surface area contributed by atoms with Gasteiger partial charge < -0.3 is 19.7 Å². The van der Waals surface area contributed by atoms with Gasteiger partial charge in [-0.25, -0.2) is 0 Å². The summed E-state index contributed by atoms with van der Waals surface area (Å²) in [4.78, 5) is 25.2. The number of carbonyl (C=O) groups is 2. The van der Waals surface area contributed by atoms with Gasteiger partial charge in [0.1, 0.15) is 0 Å². The van der Waals surface area contributed by atoms with Crippen LogP contribution in [0.1, 0.15) is 17.3 Å². The molecule has 1 N–H and O–H groups in total. The van der Waals surface area contributed by atoms with Crippen molar-refractivity contribution in [2.45, 2.75) is 6.92 Å². The minimum atomic E-state index is -0.179. The Morgan fingerprint density at radius 1 is 1.40 bits per heavy atom.